The summed E-state index contributed by atoms with van der Waals surface area (Å²) in [5.74, 6) is -0.826. The molecule has 0 aromatic rings. The van der Waals surface area contributed by atoms with Gasteiger partial charge in [0.15, 0.2) is 0 Å². The summed E-state index contributed by atoms with van der Waals surface area (Å²) in [4.78, 5) is 27.7. The molecule has 6 nitrogen and oxygen atoms in total. The molecule has 120 valence electrons. The summed E-state index contributed by atoms with van der Waals surface area (Å²) in [5, 5.41) is 12.2. The van der Waals surface area contributed by atoms with Crippen LogP contribution >= 0.6 is 0 Å². The van der Waals surface area contributed by atoms with Crippen LogP contribution in [0.2, 0.25) is 0 Å². The molecule has 0 radical (unpaired) electrons. The van der Waals surface area contributed by atoms with Crippen LogP contribution in [-0.2, 0) is 4.79 Å². The average molecular weight is 297 g/mol. The molecule has 1 aliphatic heterocycles. The van der Waals surface area contributed by atoms with Gasteiger partial charge in [0.05, 0.1) is 12.0 Å². The van der Waals surface area contributed by atoms with Crippen LogP contribution in [-0.4, -0.2) is 65.7 Å². The maximum absolute atomic E-state index is 12.5. The van der Waals surface area contributed by atoms with Crippen molar-refractivity contribution in [2.75, 3.05) is 33.2 Å². The normalized spacial score (nSPS) is 23.4. The summed E-state index contributed by atoms with van der Waals surface area (Å²) in [6.07, 6.45) is 5.68. The largest absolute Gasteiger partial charge is 0.481 e. The van der Waals surface area contributed by atoms with Gasteiger partial charge in [0.2, 0.25) is 0 Å². The lowest BCUT2D eigenvalue weighted by molar-refractivity contribution is -0.139. The number of likely N-dealkylation sites (N-methyl/N-ethyl adjacent to an activating group) is 1. The number of carboxylic acid groups (broad SMARTS) is 1. The van der Waals surface area contributed by atoms with Crippen molar-refractivity contribution in [3.05, 3.63) is 0 Å². The number of nitrogens with one attached hydrogen (secondary N) is 1. The second-order valence-electron chi connectivity index (χ2n) is 6.49. The Morgan fingerprint density at radius 1 is 1.05 bits per heavy atom. The lowest BCUT2D eigenvalue weighted by atomic mass is 9.79. The fraction of sp³-hybridized carbons (Fsp3) is 0.867. The van der Waals surface area contributed by atoms with Crippen LogP contribution in [0.15, 0.2) is 0 Å². The summed E-state index contributed by atoms with van der Waals surface area (Å²) < 4.78 is 0. The topological polar surface area (TPSA) is 72.9 Å². The molecule has 0 atom stereocenters. The maximum atomic E-state index is 12.5. The van der Waals surface area contributed by atoms with Crippen LogP contribution in [0.1, 0.15) is 44.9 Å². The maximum Gasteiger partial charge on any atom is 0.317 e. The lowest BCUT2D eigenvalue weighted by Crippen LogP contribution is -2.55. The standard InChI is InChI=1S/C15H27N3O3/c1-17-8-5-9-18(11-10-17)14(21)16-15(12-13(19)20)6-3-2-4-7-15/h2-12H2,1H3,(H,16,21)(H,19,20). The summed E-state index contributed by atoms with van der Waals surface area (Å²) in [7, 11) is 2.06. The average Bonchev–Trinajstić information content (AvgIpc) is 2.63. The van der Waals surface area contributed by atoms with E-state index in [0.29, 0.717) is 6.54 Å². The Hall–Kier alpha value is -1.30. The van der Waals surface area contributed by atoms with Crippen molar-refractivity contribution in [1.82, 2.24) is 15.1 Å². The molecule has 21 heavy (non-hydrogen) atoms. The molecule has 6 heteroatoms. The first-order chi connectivity index (χ1) is 10.0. The fourth-order valence-corrected chi connectivity index (χ4v) is 3.42. The van der Waals surface area contributed by atoms with Gasteiger partial charge in [-0.2, -0.15) is 0 Å². The Bertz CT molecular complexity index is 380. The summed E-state index contributed by atoms with van der Waals surface area (Å²) in [5.41, 5.74) is -0.542. The number of carbonyl (C=O) groups excluding carboxylic acids is 1. The zero-order chi connectivity index (χ0) is 15.3. The molecule has 2 amide bonds. The first-order valence-electron chi connectivity index (χ1n) is 7.98. The van der Waals surface area contributed by atoms with Crippen molar-refractivity contribution in [2.24, 2.45) is 0 Å². The van der Waals surface area contributed by atoms with Crippen LogP contribution in [0.25, 0.3) is 0 Å². The number of amides is 2. The van der Waals surface area contributed by atoms with Gasteiger partial charge < -0.3 is 20.2 Å². The SMILES string of the molecule is CN1CCCN(C(=O)NC2(CC(=O)O)CCCCC2)CC1. The van der Waals surface area contributed by atoms with Gasteiger partial charge in [0, 0.05) is 19.6 Å². The highest BCUT2D eigenvalue weighted by Gasteiger charge is 2.37. The fourth-order valence-electron chi connectivity index (χ4n) is 3.42. The smallest absolute Gasteiger partial charge is 0.317 e. The van der Waals surface area contributed by atoms with Crippen molar-refractivity contribution in [3.8, 4) is 0 Å². The van der Waals surface area contributed by atoms with Crippen LogP contribution in [0, 0.1) is 0 Å². The van der Waals surface area contributed by atoms with E-state index < -0.39 is 11.5 Å². The molecule has 0 aromatic carbocycles. The third-order valence-electron chi connectivity index (χ3n) is 4.68. The Labute approximate surface area is 126 Å². The number of hydrogen-bond donors (Lipinski definition) is 2. The highest BCUT2D eigenvalue weighted by molar-refractivity contribution is 5.77. The van der Waals surface area contributed by atoms with Gasteiger partial charge in [-0.05, 0) is 32.9 Å². The molecule has 2 rings (SSSR count). The number of carboxylic acids is 1. The third-order valence-corrected chi connectivity index (χ3v) is 4.68. The second-order valence-corrected chi connectivity index (χ2v) is 6.49. The van der Waals surface area contributed by atoms with Gasteiger partial charge in [-0.1, -0.05) is 19.3 Å². The summed E-state index contributed by atoms with van der Waals surface area (Å²) in [6, 6.07) is -0.0894. The first-order valence-corrected chi connectivity index (χ1v) is 7.98. The van der Waals surface area contributed by atoms with Crippen molar-refractivity contribution >= 4 is 12.0 Å². The van der Waals surface area contributed by atoms with Crippen molar-refractivity contribution < 1.29 is 14.7 Å². The predicted octanol–water partition coefficient (Wildman–Crippen LogP) is 1.51. The molecule has 2 aliphatic rings. The quantitative estimate of drug-likeness (QED) is 0.828. The highest BCUT2D eigenvalue weighted by atomic mass is 16.4. The molecule has 2 N–H and O–H groups in total. The minimum atomic E-state index is -0.826. The van der Waals surface area contributed by atoms with E-state index in [-0.39, 0.29) is 12.5 Å². The Balaban J connectivity index is 1.98. The molecule has 1 saturated heterocycles. The molecule has 1 heterocycles. The minimum Gasteiger partial charge on any atom is -0.481 e. The van der Waals surface area contributed by atoms with Gasteiger partial charge in [-0.15, -0.1) is 0 Å². The molecule has 1 aliphatic carbocycles. The molecule has 0 unspecified atom stereocenters. The van der Waals surface area contributed by atoms with E-state index in [4.69, 9.17) is 5.11 Å². The van der Waals surface area contributed by atoms with Gasteiger partial charge >= 0.3 is 12.0 Å². The van der Waals surface area contributed by atoms with Crippen molar-refractivity contribution in [1.29, 1.82) is 0 Å². The molecule has 2 fully saturated rings. The number of carbonyl (C=O) groups is 2. The second kappa shape index (κ2) is 7.11. The minimum absolute atomic E-state index is 0.0342. The van der Waals surface area contributed by atoms with Crippen LogP contribution in [0.5, 0.6) is 0 Å². The summed E-state index contributed by atoms with van der Waals surface area (Å²) in [6.45, 7) is 3.34. The number of nitrogens with zero attached hydrogens (tertiary/aromatic N) is 2. The molecule has 0 bridgehead atoms. The van der Waals surface area contributed by atoms with Gasteiger partial charge in [0.25, 0.3) is 0 Å². The van der Waals surface area contributed by atoms with E-state index >= 15 is 0 Å². The molecular weight excluding hydrogens is 270 g/mol. The summed E-state index contributed by atoms with van der Waals surface area (Å²) >= 11 is 0. The lowest BCUT2D eigenvalue weighted by Gasteiger charge is -2.38. The van der Waals surface area contributed by atoms with Gasteiger partial charge in [0.1, 0.15) is 0 Å². The molecule has 0 spiro atoms. The molecule has 1 saturated carbocycles. The van der Waals surface area contributed by atoms with E-state index in [2.05, 4.69) is 17.3 Å². The van der Waals surface area contributed by atoms with E-state index in [0.717, 1.165) is 58.2 Å². The van der Waals surface area contributed by atoms with Crippen LogP contribution in [0.4, 0.5) is 4.79 Å². The van der Waals surface area contributed by atoms with E-state index in [1.54, 1.807) is 0 Å². The number of aliphatic carboxylic acids is 1. The zero-order valence-electron chi connectivity index (χ0n) is 12.9. The molecular formula is C15H27N3O3. The van der Waals surface area contributed by atoms with Crippen molar-refractivity contribution in [2.45, 2.75) is 50.5 Å². The Morgan fingerprint density at radius 2 is 1.76 bits per heavy atom. The van der Waals surface area contributed by atoms with Crippen LogP contribution < -0.4 is 5.32 Å². The molecule has 0 aromatic heterocycles. The Morgan fingerprint density at radius 3 is 2.43 bits per heavy atom. The first kappa shape index (κ1) is 16.1. The van der Waals surface area contributed by atoms with Gasteiger partial charge in [-0.25, -0.2) is 4.79 Å². The van der Waals surface area contributed by atoms with E-state index in [1.165, 1.54) is 0 Å². The third kappa shape index (κ3) is 4.59. The van der Waals surface area contributed by atoms with Gasteiger partial charge in [-0.3, -0.25) is 4.79 Å². The zero-order valence-corrected chi connectivity index (χ0v) is 12.9. The van der Waals surface area contributed by atoms with E-state index in [9.17, 15) is 9.59 Å². The van der Waals surface area contributed by atoms with E-state index in [1.807, 2.05) is 4.90 Å². The highest BCUT2D eigenvalue weighted by Crippen LogP contribution is 2.31. The predicted molar refractivity (Wildman–Crippen MR) is 80.3 cm³/mol. The number of urea groups is 1. The monoisotopic (exact) mass is 297 g/mol. The van der Waals surface area contributed by atoms with Crippen LogP contribution in [0.3, 0.4) is 0 Å². The number of rotatable bonds is 3. The van der Waals surface area contributed by atoms with Crippen molar-refractivity contribution in [3.63, 3.8) is 0 Å². The number of hydrogen-bond acceptors (Lipinski definition) is 3. The Kier molecular flexibility index (Phi) is 5.45.